The standard InChI is InChI=1S/C15H24NO3Si.ClH/c1-15(2,3)10-6-7-11(12(16)9-14(17)18)13(8-10)19-20(4)5;/h6-8,12H,9,16H2,1-5H3,(H,17,18);1H. The summed E-state index contributed by atoms with van der Waals surface area (Å²) < 4.78 is 5.91. The summed E-state index contributed by atoms with van der Waals surface area (Å²) in [5.74, 6) is -0.174. The highest BCUT2D eigenvalue weighted by atomic mass is 35.5. The number of carboxylic acid groups (broad SMARTS) is 1. The zero-order valence-electron chi connectivity index (χ0n) is 13.3. The van der Waals surface area contributed by atoms with Gasteiger partial charge in [0.15, 0.2) is 0 Å². The first-order valence-electron chi connectivity index (χ1n) is 6.71. The second-order valence-corrected chi connectivity index (χ2v) is 8.24. The quantitative estimate of drug-likeness (QED) is 0.810. The van der Waals surface area contributed by atoms with Gasteiger partial charge in [0.25, 0.3) is 9.04 Å². The molecule has 1 unspecified atom stereocenters. The fourth-order valence-electron chi connectivity index (χ4n) is 1.91. The van der Waals surface area contributed by atoms with E-state index in [2.05, 4.69) is 20.8 Å². The molecule has 0 aliphatic heterocycles. The number of nitrogens with two attached hydrogens (primary N) is 1. The summed E-state index contributed by atoms with van der Waals surface area (Å²) in [6.45, 7) is 10.5. The highest BCUT2D eigenvalue weighted by molar-refractivity contribution is 6.49. The molecule has 0 saturated heterocycles. The second-order valence-electron chi connectivity index (χ2n) is 6.22. The fourth-order valence-corrected chi connectivity index (χ4v) is 2.53. The van der Waals surface area contributed by atoms with Crippen LogP contribution < -0.4 is 10.2 Å². The number of carbonyl (C=O) groups is 1. The molecule has 21 heavy (non-hydrogen) atoms. The van der Waals surface area contributed by atoms with Crippen LogP contribution in [0.4, 0.5) is 0 Å². The predicted molar refractivity (Wildman–Crippen MR) is 89.7 cm³/mol. The maximum absolute atomic E-state index is 10.8. The Bertz CT molecular complexity index is 486. The molecule has 0 bridgehead atoms. The molecule has 3 N–H and O–H groups in total. The summed E-state index contributed by atoms with van der Waals surface area (Å²) in [6, 6.07) is 5.35. The molecule has 6 heteroatoms. The van der Waals surface area contributed by atoms with Crippen LogP contribution >= 0.6 is 12.4 Å². The number of hydrogen-bond donors (Lipinski definition) is 2. The van der Waals surface area contributed by atoms with Crippen LogP contribution in [-0.4, -0.2) is 20.1 Å². The lowest BCUT2D eigenvalue weighted by Gasteiger charge is -2.24. The van der Waals surface area contributed by atoms with Crippen LogP contribution in [0.2, 0.25) is 13.1 Å². The first-order valence-corrected chi connectivity index (χ1v) is 9.12. The van der Waals surface area contributed by atoms with Crippen LogP contribution in [0.1, 0.15) is 44.4 Å². The van der Waals surface area contributed by atoms with Gasteiger partial charge in [-0.2, -0.15) is 0 Å². The van der Waals surface area contributed by atoms with Crippen molar-refractivity contribution in [2.45, 2.75) is 51.7 Å². The minimum Gasteiger partial charge on any atom is -0.542 e. The lowest BCUT2D eigenvalue weighted by atomic mass is 9.85. The van der Waals surface area contributed by atoms with E-state index in [4.69, 9.17) is 15.3 Å². The normalized spacial score (nSPS) is 12.7. The summed E-state index contributed by atoms with van der Waals surface area (Å²) in [7, 11) is -0.934. The molecule has 0 spiro atoms. The molecule has 0 aliphatic rings. The molecule has 0 saturated carbocycles. The highest BCUT2D eigenvalue weighted by Gasteiger charge is 2.20. The molecule has 0 fully saturated rings. The molecular formula is C15H25ClNO3Si. The van der Waals surface area contributed by atoms with Gasteiger partial charge in [-0.05, 0) is 30.1 Å². The molecule has 1 rings (SSSR count). The van der Waals surface area contributed by atoms with Crippen LogP contribution in [0.25, 0.3) is 0 Å². The summed E-state index contributed by atoms with van der Waals surface area (Å²) in [5, 5.41) is 8.89. The molecule has 119 valence electrons. The van der Waals surface area contributed by atoms with E-state index in [1.165, 1.54) is 0 Å². The average Bonchev–Trinajstić information content (AvgIpc) is 2.25. The topological polar surface area (TPSA) is 72.5 Å². The maximum atomic E-state index is 10.8. The fraction of sp³-hybridized carbons (Fsp3) is 0.533. The molecule has 0 aromatic heterocycles. The Balaban J connectivity index is 0.00000400. The molecule has 0 aliphatic carbocycles. The lowest BCUT2D eigenvalue weighted by Crippen LogP contribution is -2.20. The van der Waals surface area contributed by atoms with Crippen molar-refractivity contribution in [3.63, 3.8) is 0 Å². The number of aliphatic carboxylic acids is 1. The van der Waals surface area contributed by atoms with Crippen molar-refractivity contribution in [3.05, 3.63) is 29.3 Å². The van der Waals surface area contributed by atoms with Crippen LogP contribution in [0.5, 0.6) is 5.75 Å². The zero-order chi connectivity index (χ0) is 15.5. The van der Waals surface area contributed by atoms with Crippen LogP contribution in [0.15, 0.2) is 18.2 Å². The van der Waals surface area contributed by atoms with Crippen molar-refractivity contribution in [3.8, 4) is 5.75 Å². The maximum Gasteiger partial charge on any atom is 0.305 e. The summed E-state index contributed by atoms with van der Waals surface area (Å²) in [4.78, 5) is 10.8. The van der Waals surface area contributed by atoms with Crippen LogP contribution in [-0.2, 0) is 10.2 Å². The van der Waals surface area contributed by atoms with E-state index >= 15 is 0 Å². The van der Waals surface area contributed by atoms with Gasteiger partial charge in [0.2, 0.25) is 0 Å². The molecule has 0 heterocycles. The monoisotopic (exact) mass is 330 g/mol. The van der Waals surface area contributed by atoms with Gasteiger partial charge in [-0.15, -0.1) is 12.4 Å². The van der Waals surface area contributed by atoms with Crippen molar-refractivity contribution in [2.24, 2.45) is 5.73 Å². The molecule has 0 amide bonds. The Kier molecular flexibility index (Phi) is 7.43. The van der Waals surface area contributed by atoms with E-state index in [-0.39, 0.29) is 24.2 Å². The Morgan fingerprint density at radius 2 is 1.95 bits per heavy atom. The Morgan fingerprint density at radius 1 is 1.38 bits per heavy atom. The van der Waals surface area contributed by atoms with E-state index in [1.807, 2.05) is 31.3 Å². The van der Waals surface area contributed by atoms with Crippen molar-refractivity contribution in [1.29, 1.82) is 0 Å². The van der Waals surface area contributed by atoms with Crippen molar-refractivity contribution in [2.75, 3.05) is 0 Å². The van der Waals surface area contributed by atoms with Crippen LogP contribution in [0, 0.1) is 0 Å². The minimum absolute atomic E-state index is 0. The third-order valence-electron chi connectivity index (χ3n) is 2.99. The molecule has 1 atom stereocenters. The van der Waals surface area contributed by atoms with E-state index in [0.717, 1.165) is 16.9 Å². The van der Waals surface area contributed by atoms with Gasteiger partial charge in [-0.1, -0.05) is 32.9 Å². The third kappa shape index (κ3) is 6.07. The van der Waals surface area contributed by atoms with Gasteiger partial charge in [0, 0.05) is 11.6 Å². The van der Waals surface area contributed by atoms with Gasteiger partial charge in [0.05, 0.1) is 6.42 Å². The lowest BCUT2D eigenvalue weighted by molar-refractivity contribution is -0.137. The predicted octanol–water partition coefficient (Wildman–Crippen LogP) is 3.51. The Hall–Kier alpha value is -1.04. The number of carboxylic acids is 1. The number of benzene rings is 1. The Morgan fingerprint density at radius 3 is 2.38 bits per heavy atom. The molecule has 1 aromatic rings. The third-order valence-corrected chi connectivity index (χ3v) is 3.62. The zero-order valence-corrected chi connectivity index (χ0v) is 15.1. The number of hydrogen-bond acceptors (Lipinski definition) is 3. The largest absolute Gasteiger partial charge is 0.542 e. The smallest absolute Gasteiger partial charge is 0.305 e. The average molecular weight is 331 g/mol. The van der Waals surface area contributed by atoms with Gasteiger partial charge in [0.1, 0.15) is 5.75 Å². The van der Waals surface area contributed by atoms with E-state index in [0.29, 0.717) is 0 Å². The molecule has 4 nitrogen and oxygen atoms in total. The SMILES string of the molecule is C[Si](C)Oc1cc(C(C)(C)C)ccc1C(N)CC(=O)O.Cl. The molecule has 1 radical (unpaired) electrons. The van der Waals surface area contributed by atoms with E-state index < -0.39 is 21.1 Å². The number of halogens is 1. The first kappa shape index (κ1) is 20.0. The van der Waals surface area contributed by atoms with Crippen LogP contribution in [0.3, 0.4) is 0 Å². The second kappa shape index (κ2) is 7.82. The highest BCUT2D eigenvalue weighted by Crippen LogP contribution is 2.32. The molecule has 1 aromatic carbocycles. The van der Waals surface area contributed by atoms with Gasteiger partial charge in [-0.25, -0.2) is 0 Å². The van der Waals surface area contributed by atoms with Gasteiger partial charge >= 0.3 is 5.97 Å². The minimum atomic E-state index is -0.934. The van der Waals surface area contributed by atoms with E-state index in [9.17, 15) is 4.79 Å². The van der Waals surface area contributed by atoms with Crippen molar-refractivity contribution in [1.82, 2.24) is 0 Å². The van der Waals surface area contributed by atoms with Crippen molar-refractivity contribution >= 4 is 27.4 Å². The van der Waals surface area contributed by atoms with Gasteiger partial charge < -0.3 is 15.3 Å². The summed E-state index contributed by atoms with van der Waals surface area (Å²) >= 11 is 0. The Labute approximate surface area is 134 Å². The van der Waals surface area contributed by atoms with E-state index in [1.54, 1.807) is 0 Å². The summed E-state index contributed by atoms with van der Waals surface area (Å²) in [5.41, 5.74) is 7.92. The first-order chi connectivity index (χ1) is 9.11. The summed E-state index contributed by atoms with van der Waals surface area (Å²) in [6.07, 6.45) is -0.0965. The number of rotatable bonds is 5. The van der Waals surface area contributed by atoms with Crippen molar-refractivity contribution < 1.29 is 14.3 Å². The molecular weight excluding hydrogens is 306 g/mol. The van der Waals surface area contributed by atoms with Gasteiger partial charge in [-0.3, -0.25) is 4.79 Å².